The zero-order valence-electron chi connectivity index (χ0n) is 6.99. The minimum Gasteiger partial charge on any atom is -0.480 e. The van der Waals surface area contributed by atoms with Crippen LogP contribution < -0.4 is 10.6 Å². The summed E-state index contributed by atoms with van der Waals surface area (Å²) in [7, 11) is 0. The van der Waals surface area contributed by atoms with Crippen molar-refractivity contribution in [2.45, 2.75) is 18.6 Å². The number of aliphatic hydroxyl groups is 1. The molecule has 1 fully saturated rings. The molecule has 0 aromatic carbocycles. The van der Waals surface area contributed by atoms with Gasteiger partial charge in [0.05, 0.1) is 6.10 Å². The lowest BCUT2D eigenvalue weighted by Crippen LogP contribution is -2.47. The first-order valence-electron chi connectivity index (χ1n) is 4.02. The van der Waals surface area contributed by atoms with E-state index >= 15 is 0 Å². The van der Waals surface area contributed by atoms with Gasteiger partial charge in [-0.05, 0) is 13.0 Å². The van der Waals surface area contributed by atoms with Gasteiger partial charge in [-0.1, -0.05) is 0 Å². The number of nitrogens with one attached hydrogen (secondary N) is 2. The van der Waals surface area contributed by atoms with E-state index in [-0.39, 0.29) is 0 Å². The Labute approximate surface area is 74.9 Å². The predicted octanol–water partition coefficient (Wildman–Crippen LogP) is -2.09. The van der Waals surface area contributed by atoms with Crippen LogP contribution in [0, 0.1) is 0 Å². The summed E-state index contributed by atoms with van der Waals surface area (Å²) in [5.41, 5.74) is 0. The lowest BCUT2D eigenvalue weighted by molar-refractivity contribution is -0.138. The maximum atomic E-state index is 11.2. The molecule has 1 amide bonds. The summed E-state index contributed by atoms with van der Waals surface area (Å²) < 4.78 is 0. The van der Waals surface area contributed by atoms with Gasteiger partial charge in [0, 0.05) is 0 Å². The lowest BCUT2D eigenvalue weighted by atomic mass is 10.1. The normalized spacial score (nSPS) is 27.2. The molecule has 0 unspecified atom stereocenters. The lowest BCUT2D eigenvalue weighted by Gasteiger charge is -2.13. The number of rotatable bonds is 3. The zero-order chi connectivity index (χ0) is 9.84. The third kappa shape index (κ3) is 2.67. The van der Waals surface area contributed by atoms with Crippen LogP contribution in [0.4, 0.5) is 0 Å². The van der Waals surface area contributed by atoms with Crippen LogP contribution >= 0.6 is 0 Å². The first kappa shape index (κ1) is 9.94. The summed E-state index contributed by atoms with van der Waals surface area (Å²) in [6.45, 7) is 0.163. The van der Waals surface area contributed by atoms with Crippen molar-refractivity contribution in [2.75, 3.05) is 13.1 Å². The Balaban J connectivity index is 2.34. The number of aliphatic hydroxyl groups excluding tert-OH is 1. The van der Waals surface area contributed by atoms with E-state index in [1.165, 1.54) is 0 Å². The Morgan fingerprint density at radius 3 is 2.69 bits per heavy atom. The van der Waals surface area contributed by atoms with Gasteiger partial charge in [0.15, 0.2) is 0 Å². The average Bonchev–Trinajstić information content (AvgIpc) is 2.47. The Morgan fingerprint density at radius 1 is 1.54 bits per heavy atom. The minimum absolute atomic E-state index is 0.413. The fourth-order valence-electron chi connectivity index (χ4n) is 1.23. The van der Waals surface area contributed by atoms with E-state index in [2.05, 4.69) is 10.6 Å². The van der Waals surface area contributed by atoms with Crippen molar-refractivity contribution < 1.29 is 19.8 Å². The number of amides is 1. The quantitative estimate of drug-likeness (QED) is 0.407. The van der Waals surface area contributed by atoms with Gasteiger partial charge in [-0.15, -0.1) is 0 Å². The van der Waals surface area contributed by atoms with Crippen LogP contribution in [0.25, 0.3) is 0 Å². The first-order chi connectivity index (χ1) is 6.11. The summed E-state index contributed by atoms with van der Waals surface area (Å²) in [6.07, 6.45) is -0.195. The molecule has 6 heteroatoms. The van der Waals surface area contributed by atoms with E-state index in [1.807, 2.05) is 0 Å². The number of carboxylic acid groups (broad SMARTS) is 1. The van der Waals surface area contributed by atoms with Gasteiger partial charge in [0.25, 0.3) is 0 Å². The SMILES string of the molecule is O=C(O)CNC(=O)[C@H]1NCC[C@@H]1O. The van der Waals surface area contributed by atoms with Gasteiger partial charge in [0.1, 0.15) is 12.6 Å². The van der Waals surface area contributed by atoms with Crippen LogP contribution in [0.15, 0.2) is 0 Å². The molecule has 6 nitrogen and oxygen atoms in total. The summed E-state index contributed by atoms with van der Waals surface area (Å²) in [6, 6.07) is -0.667. The molecule has 1 aliphatic rings. The Hall–Kier alpha value is -1.14. The molecule has 1 aliphatic heterocycles. The fourth-order valence-corrected chi connectivity index (χ4v) is 1.23. The monoisotopic (exact) mass is 188 g/mol. The largest absolute Gasteiger partial charge is 0.480 e. The summed E-state index contributed by atoms with van der Waals surface area (Å²) in [5.74, 6) is -1.56. The molecule has 4 N–H and O–H groups in total. The third-order valence-electron chi connectivity index (χ3n) is 1.89. The van der Waals surface area contributed by atoms with Gasteiger partial charge < -0.3 is 20.8 Å². The van der Waals surface area contributed by atoms with E-state index in [0.29, 0.717) is 13.0 Å². The van der Waals surface area contributed by atoms with E-state index < -0.39 is 30.6 Å². The van der Waals surface area contributed by atoms with E-state index in [9.17, 15) is 14.7 Å². The average molecular weight is 188 g/mol. The van der Waals surface area contributed by atoms with Gasteiger partial charge in [-0.25, -0.2) is 0 Å². The molecule has 1 rings (SSSR count). The van der Waals surface area contributed by atoms with Crippen molar-refractivity contribution >= 4 is 11.9 Å². The predicted molar refractivity (Wildman–Crippen MR) is 43.1 cm³/mol. The molecule has 0 bridgehead atoms. The molecule has 0 aliphatic carbocycles. The molecule has 74 valence electrons. The molecule has 0 aromatic rings. The van der Waals surface area contributed by atoms with Crippen LogP contribution in [-0.2, 0) is 9.59 Å². The maximum Gasteiger partial charge on any atom is 0.322 e. The topological polar surface area (TPSA) is 98.7 Å². The number of carbonyl (C=O) groups is 2. The molecule has 1 heterocycles. The van der Waals surface area contributed by atoms with Crippen molar-refractivity contribution in [1.82, 2.24) is 10.6 Å². The highest BCUT2D eigenvalue weighted by Gasteiger charge is 2.30. The highest BCUT2D eigenvalue weighted by molar-refractivity contribution is 5.85. The molecule has 0 spiro atoms. The van der Waals surface area contributed by atoms with E-state index in [0.717, 1.165) is 0 Å². The molecule has 13 heavy (non-hydrogen) atoms. The van der Waals surface area contributed by atoms with Crippen LogP contribution in [0.5, 0.6) is 0 Å². The first-order valence-corrected chi connectivity index (χ1v) is 4.02. The summed E-state index contributed by atoms with van der Waals surface area (Å²) >= 11 is 0. The van der Waals surface area contributed by atoms with Crippen molar-refractivity contribution in [2.24, 2.45) is 0 Å². The van der Waals surface area contributed by atoms with Gasteiger partial charge in [0.2, 0.25) is 5.91 Å². The van der Waals surface area contributed by atoms with Crippen molar-refractivity contribution in [3.63, 3.8) is 0 Å². The molecule has 0 saturated carbocycles. The van der Waals surface area contributed by atoms with E-state index in [1.54, 1.807) is 0 Å². The number of carboxylic acids is 1. The number of aliphatic carboxylic acids is 1. The Bertz CT molecular complexity index is 219. The number of hydrogen-bond acceptors (Lipinski definition) is 4. The second-order valence-corrected chi connectivity index (χ2v) is 2.90. The smallest absolute Gasteiger partial charge is 0.322 e. The molecule has 0 radical (unpaired) electrons. The van der Waals surface area contributed by atoms with Crippen LogP contribution in [0.2, 0.25) is 0 Å². The van der Waals surface area contributed by atoms with Gasteiger partial charge in [-0.3, -0.25) is 9.59 Å². The minimum atomic E-state index is -1.10. The highest BCUT2D eigenvalue weighted by Crippen LogP contribution is 2.05. The van der Waals surface area contributed by atoms with Crippen molar-refractivity contribution in [1.29, 1.82) is 0 Å². The van der Waals surface area contributed by atoms with Crippen LogP contribution in [0.3, 0.4) is 0 Å². The fraction of sp³-hybridized carbons (Fsp3) is 0.714. The summed E-state index contributed by atoms with van der Waals surface area (Å²) in [5, 5.41) is 22.5. The van der Waals surface area contributed by atoms with Crippen LogP contribution in [0.1, 0.15) is 6.42 Å². The highest BCUT2D eigenvalue weighted by atomic mass is 16.4. The Morgan fingerprint density at radius 2 is 2.23 bits per heavy atom. The third-order valence-corrected chi connectivity index (χ3v) is 1.89. The van der Waals surface area contributed by atoms with Crippen LogP contribution in [-0.4, -0.2) is 47.3 Å². The van der Waals surface area contributed by atoms with E-state index in [4.69, 9.17) is 5.11 Å². The molecule has 0 aromatic heterocycles. The van der Waals surface area contributed by atoms with Gasteiger partial charge in [-0.2, -0.15) is 0 Å². The second-order valence-electron chi connectivity index (χ2n) is 2.90. The van der Waals surface area contributed by atoms with Gasteiger partial charge >= 0.3 is 5.97 Å². The molecule has 1 saturated heterocycles. The Kier molecular flexibility index (Phi) is 3.21. The number of carbonyl (C=O) groups excluding carboxylic acids is 1. The summed E-state index contributed by atoms with van der Waals surface area (Å²) in [4.78, 5) is 21.3. The van der Waals surface area contributed by atoms with Crippen molar-refractivity contribution in [3.8, 4) is 0 Å². The number of hydrogen-bond donors (Lipinski definition) is 4. The van der Waals surface area contributed by atoms with Crippen molar-refractivity contribution in [3.05, 3.63) is 0 Å². The second kappa shape index (κ2) is 4.20. The molecular formula is C7H12N2O4. The molecule has 2 atom stereocenters. The standard InChI is InChI=1S/C7H12N2O4/c10-4-1-2-8-6(4)7(13)9-3-5(11)12/h4,6,8,10H,1-3H2,(H,9,13)(H,11,12)/t4-,6-/m0/s1. The maximum absolute atomic E-state index is 11.2. The molecular weight excluding hydrogens is 176 g/mol. The zero-order valence-corrected chi connectivity index (χ0v) is 6.99.